The molecule has 0 unspecified atom stereocenters. The Hall–Kier alpha value is -0.780. The molecule has 0 saturated carbocycles. The van der Waals surface area contributed by atoms with Crippen LogP contribution in [0.2, 0.25) is 0 Å². The standard InChI is InChI=1S/C14H20INO2/c1-10-6-7-11(15)12(8-10)16(4)9-14(2,3)13(17)18-5/h6-8H,9H2,1-5H3. The number of esters is 1. The third-order valence-electron chi connectivity index (χ3n) is 2.88. The number of hydrogen-bond donors (Lipinski definition) is 0. The van der Waals surface area contributed by atoms with Crippen LogP contribution in [0.3, 0.4) is 0 Å². The van der Waals surface area contributed by atoms with Gasteiger partial charge in [0.05, 0.1) is 18.2 Å². The minimum atomic E-state index is -0.518. The van der Waals surface area contributed by atoms with Gasteiger partial charge in [-0.2, -0.15) is 0 Å². The van der Waals surface area contributed by atoms with Crippen LogP contribution in [0.15, 0.2) is 18.2 Å². The third kappa shape index (κ3) is 3.60. The maximum absolute atomic E-state index is 11.7. The van der Waals surface area contributed by atoms with E-state index in [9.17, 15) is 4.79 Å². The molecule has 0 fully saturated rings. The maximum atomic E-state index is 11.7. The van der Waals surface area contributed by atoms with Gasteiger partial charge in [0.15, 0.2) is 0 Å². The van der Waals surface area contributed by atoms with Gasteiger partial charge in [0.25, 0.3) is 0 Å². The van der Waals surface area contributed by atoms with Crippen molar-refractivity contribution in [2.75, 3.05) is 25.6 Å². The van der Waals surface area contributed by atoms with Crippen molar-refractivity contribution in [3.63, 3.8) is 0 Å². The van der Waals surface area contributed by atoms with Crippen LogP contribution in [0.25, 0.3) is 0 Å². The fraction of sp³-hybridized carbons (Fsp3) is 0.500. The Kier molecular flexibility index (Phi) is 5.01. The molecule has 0 amide bonds. The largest absolute Gasteiger partial charge is 0.469 e. The van der Waals surface area contributed by atoms with Crippen molar-refractivity contribution in [1.29, 1.82) is 0 Å². The number of hydrogen-bond acceptors (Lipinski definition) is 3. The second-order valence-corrected chi connectivity index (χ2v) is 6.35. The van der Waals surface area contributed by atoms with Gasteiger partial charge in [-0.3, -0.25) is 4.79 Å². The van der Waals surface area contributed by atoms with E-state index in [0.29, 0.717) is 6.54 Å². The van der Waals surface area contributed by atoms with E-state index in [2.05, 4.69) is 52.6 Å². The number of halogens is 1. The van der Waals surface area contributed by atoms with Crippen LogP contribution in [-0.4, -0.2) is 26.7 Å². The van der Waals surface area contributed by atoms with Crippen LogP contribution in [-0.2, 0) is 9.53 Å². The first-order valence-electron chi connectivity index (χ1n) is 5.83. The van der Waals surface area contributed by atoms with Crippen LogP contribution in [0, 0.1) is 15.9 Å². The zero-order chi connectivity index (χ0) is 13.9. The minimum Gasteiger partial charge on any atom is -0.469 e. The van der Waals surface area contributed by atoms with Crippen molar-refractivity contribution >= 4 is 34.2 Å². The van der Waals surface area contributed by atoms with E-state index < -0.39 is 5.41 Å². The van der Waals surface area contributed by atoms with Gasteiger partial charge >= 0.3 is 5.97 Å². The predicted molar refractivity (Wildman–Crippen MR) is 83.0 cm³/mol. The molecule has 3 nitrogen and oxygen atoms in total. The summed E-state index contributed by atoms with van der Waals surface area (Å²) in [6.45, 7) is 6.49. The van der Waals surface area contributed by atoms with Crippen molar-refractivity contribution in [2.45, 2.75) is 20.8 Å². The number of ether oxygens (including phenoxy) is 1. The highest BCUT2D eigenvalue weighted by Crippen LogP contribution is 2.27. The van der Waals surface area contributed by atoms with E-state index >= 15 is 0 Å². The third-order valence-corrected chi connectivity index (χ3v) is 3.80. The fourth-order valence-corrected chi connectivity index (χ4v) is 2.68. The summed E-state index contributed by atoms with van der Waals surface area (Å²) in [7, 11) is 3.43. The molecule has 0 aromatic heterocycles. The van der Waals surface area contributed by atoms with E-state index in [1.165, 1.54) is 16.2 Å². The molecule has 0 aliphatic carbocycles. The maximum Gasteiger partial charge on any atom is 0.313 e. The van der Waals surface area contributed by atoms with Crippen molar-refractivity contribution in [1.82, 2.24) is 0 Å². The summed E-state index contributed by atoms with van der Waals surface area (Å²) in [5, 5.41) is 0. The lowest BCUT2D eigenvalue weighted by Crippen LogP contribution is -2.38. The normalized spacial score (nSPS) is 11.2. The number of carbonyl (C=O) groups excluding carboxylic acids is 1. The first-order valence-corrected chi connectivity index (χ1v) is 6.91. The number of rotatable bonds is 4. The van der Waals surface area contributed by atoms with Crippen molar-refractivity contribution in [2.24, 2.45) is 5.41 Å². The molecule has 1 rings (SSSR count). The molecule has 4 heteroatoms. The number of nitrogens with zero attached hydrogens (tertiary/aromatic N) is 1. The number of benzene rings is 1. The van der Waals surface area contributed by atoms with Crippen LogP contribution in [0.4, 0.5) is 5.69 Å². The Bertz CT molecular complexity index is 443. The van der Waals surface area contributed by atoms with Crippen molar-refractivity contribution < 1.29 is 9.53 Å². The number of carbonyl (C=O) groups is 1. The highest BCUT2D eigenvalue weighted by Gasteiger charge is 2.30. The van der Waals surface area contributed by atoms with Gasteiger partial charge in [0, 0.05) is 17.2 Å². The van der Waals surface area contributed by atoms with E-state index in [0.717, 1.165) is 5.69 Å². The van der Waals surface area contributed by atoms with E-state index in [1.54, 1.807) is 0 Å². The highest BCUT2D eigenvalue weighted by atomic mass is 127. The summed E-state index contributed by atoms with van der Waals surface area (Å²) >= 11 is 2.31. The zero-order valence-corrected chi connectivity index (χ0v) is 13.7. The molecule has 0 saturated heterocycles. The lowest BCUT2D eigenvalue weighted by atomic mass is 9.93. The molecule has 100 valence electrons. The average molecular weight is 361 g/mol. The van der Waals surface area contributed by atoms with Gasteiger partial charge in [0.2, 0.25) is 0 Å². The summed E-state index contributed by atoms with van der Waals surface area (Å²) in [5.41, 5.74) is 1.84. The second kappa shape index (κ2) is 5.91. The number of methoxy groups -OCH3 is 1. The Morgan fingerprint density at radius 1 is 1.44 bits per heavy atom. The summed E-state index contributed by atoms with van der Waals surface area (Å²) < 4.78 is 6.02. The Morgan fingerprint density at radius 2 is 2.06 bits per heavy atom. The first-order chi connectivity index (χ1) is 8.27. The Morgan fingerprint density at radius 3 is 2.61 bits per heavy atom. The quantitative estimate of drug-likeness (QED) is 0.609. The molecule has 0 N–H and O–H groups in total. The first kappa shape index (κ1) is 15.3. The van der Waals surface area contributed by atoms with E-state index in [4.69, 9.17) is 4.74 Å². The van der Waals surface area contributed by atoms with Gasteiger partial charge in [-0.1, -0.05) is 6.07 Å². The van der Waals surface area contributed by atoms with Crippen LogP contribution < -0.4 is 4.90 Å². The van der Waals surface area contributed by atoms with Crippen LogP contribution in [0.5, 0.6) is 0 Å². The molecule has 0 heterocycles. The highest BCUT2D eigenvalue weighted by molar-refractivity contribution is 14.1. The zero-order valence-electron chi connectivity index (χ0n) is 11.6. The molecule has 0 atom stereocenters. The minimum absolute atomic E-state index is 0.183. The van der Waals surface area contributed by atoms with Gasteiger partial charge < -0.3 is 9.64 Å². The topological polar surface area (TPSA) is 29.5 Å². The molecule has 0 spiro atoms. The fourth-order valence-electron chi connectivity index (χ4n) is 1.93. The SMILES string of the molecule is COC(=O)C(C)(C)CN(C)c1cc(C)ccc1I. The Balaban J connectivity index is 2.91. The predicted octanol–water partition coefficient (Wildman–Crippen LogP) is 3.24. The summed E-state index contributed by atoms with van der Waals surface area (Å²) in [4.78, 5) is 13.8. The number of aryl methyl sites for hydroxylation is 1. The van der Waals surface area contributed by atoms with Crippen LogP contribution in [0.1, 0.15) is 19.4 Å². The lowest BCUT2D eigenvalue weighted by molar-refractivity contribution is -0.150. The molecular weight excluding hydrogens is 341 g/mol. The summed E-state index contributed by atoms with van der Waals surface area (Å²) in [6, 6.07) is 6.31. The van der Waals surface area contributed by atoms with Gasteiger partial charge in [-0.05, 0) is 61.1 Å². The molecule has 0 radical (unpaired) electrons. The molecular formula is C14H20INO2. The second-order valence-electron chi connectivity index (χ2n) is 5.19. The smallest absolute Gasteiger partial charge is 0.313 e. The van der Waals surface area contributed by atoms with Crippen molar-refractivity contribution in [3.8, 4) is 0 Å². The van der Waals surface area contributed by atoms with Crippen LogP contribution >= 0.6 is 22.6 Å². The van der Waals surface area contributed by atoms with E-state index in [-0.39, 0.29) is 5.97 Å². The van der Waals surface area contributed by atoms with Gasteiger partial charge in [-0.25, -0.2) is 0 Å². The Labute approximate surface area is 123 Å². The molecule has 0 aliphatic rings. The molecule has 18 heavy (non-hydrogen) atoms. The molecule has 0 bridgehead atoms. The van der Waals surface area contributed by atoms with E-state index in [1.807, 2.05) is 20.9 Å². The summed E-state index contributed by atoms with van der Waals surface area (Å²) in [6.07, 6.45) is 0. The summed E-state index contributed by atoms with van der Waals surface area (Å²) in [5.74, 6) is -0.183. The monoisotopic (exact) mass is 361 g/mol. The van der Waals surface area contributed by atoms with Gasteiger partial charge in [0.1, 0.15) is 0 Å². The molecule has 0 aliphatic heterocycles. The van der Waals surface area contributed by atoms with Gasteiger partial charge in [-0.15, -0.1) is 0 Å². The average Bonchev–Trinajstić information content (AvgIpc) is 2.30. The molecule has 1 aromatic rings. The van der Waals surface area contributed by atoms with Crippen molar-refractivity contribution in [3.05, 3.63) is 27.3 Å². The number of anilines is 1. The lowest BCUT2D eigenvalue weighted by Gasteiger charge is -2.30. The molecule has 1 aromatic carbocycles.